The molecule has 1 aromatic carbocycles. The van der Waals surface area contributed by atoms with Crippen molar-refractivity contribution in [1.82, 2.24) is 15.0 Å². The minimum atomic E-state index is 0.687. The molecule has 0 fully saturated rings. The Kier molecular flexibility index (Phi) is 3.77. The molecule has 5 heteroatoms. The van der Waals surface area contributed by atoms with Gasteiger partial charge in [0.1, 0.15) is 5.82 Å². The molecule has 4 rings (SSSR count). The quantitative estimate of drug-likeness (QED) is 0.528. The van der Waals surface area contributed by atoms with Crippen molar-refractivity contribution in [3.05, 3.63) is 76.6 Å². The molecule has 0 unspecified atom stereocenters. The SMILES string of the molecule is Clc1csc2cc(Cc3nccc(-c4ccccn4)n3)ccc12. The molecule has 0 aliphatic heterocycles. The van der Waals surface area contributed by atoms with Gasteiger partial charge in [0, 0.05) is 34.3 Å². The molecular weight excluding hydrogens is 326 g/mol. The second-order valence-electron chi connectivity index (χ2n) is 5.16. The molecule has 0 aliphatic carbocycles. The molecule has 112 valence electrons. The number of pyridine rings is 1. The van der Waals surface area contributed by atoms with Crippen LogP contribution in [-0.4, -0.2) is 15.0 Å². The summed E-state index contributed by atoms with van der Waals surface area (Å²) in [5.41, 5.74) is 2.88. The van der Waals surface area contributed by atoms with Crippen LogP contribution in [0.2, 0.25) is 5.02 Å². The number of nitrogens with zero attached hydrogens (tertiary/aromatic N) is 3. The Morgan fingerprint density at radius 1 is 0.957 bits per heavy atom. The van der Waals surface area contributed by atoms with E-state index < -0.39 is 0 Å². The molecule has 0 radical (unpaired) electrons. The molecule has 3 aromatic heterocycles. The first-order valence-electron chi connectivity index (χ1n) is 7.18. The van der Waals surface area contributed by atoms with Gasteiger partial charge in [0.15, 0.2) is 0 Å². The molecule has 23 heavy (non-hydrogen) atoms. The Bertz CT molecular complexity index is 966. The summed E-state index contributed by atoms with van der Waals surface area (Å²) in [5.74, 6) is 0.787. The zero-order chi connectivity index (χ0) is 15.6. The van der Waals surface area contributed by atoms with E-state index in [-0.39, 0.29) is 0 Å². The van der Waals surface area contributed by atoms with Crippen molar-refractivity contribution in [2.24, 2.45) is 0 Å². The zero-order valence-corrected chi connectivity index (χ0v) is 13.7. The summed E-state index contributed by atoms with van der Waals surface area (Å²) < 4.78 is 1.19. The summed E-state index contributed by atoms with van der Waals surface area (Å²) in [6.07, 6.45) is 4.24. The first-order valence-corrected chi connectivity index (χ1v) is 8.44. The zero-order valence-electron chi connectivity index (χ0n) is 12.1. The average Bonchev–Trinajstić information content (AvgIpc) is 2.97. The monoisotopic (exact) mass is 337 g/mol. The molecule has 3 nitrogen and oxygen atoms in total. The molecule has 0 saturated carbocycles. The molecular formula is C18H12ClN3S. The Morgan fingerprint density at radius 2 is 1.91 bits per heavy atom. The third-order valence-corrected chi connectivity index (χ3v) is 4.98. The highest BCUT2D eigenvalue weighted by atomic mass is 35.5. The third-order valence-electron chi connectivity index (χ3n) is 3.59. The minimum Gasteiger partial charge on any atom is -0.255 e. The summed E-state index contributed by atoms with van der Waals surface area (Å²) in [5, 5.41) is 3.88. The summed E-state index contributed by atoms with van der Waals surface area (Å²) >= 11 is 7.81. The first kappa shape index (κ1) is 14.3. The van der Waals surface area contributed by atoms with Gasteiger partial charge in [-0.25, -0.2) is 9.97 Å². The molecule has 4 aromatic rings. The second-order valence-corrected chi connectivity index (χ2v) is 6.48. The van der Waals surface area contributed by atoms with Gasteiger partial charge < -0.3 is 0 Å². The standard InChI is InChI=1S/C18H12ClN3S/c19-14-11-23-17-9-12(4-5-13(14)17)10-18-21-8-6-16(22-18)15-3-1-2-7-20-15/h1-9,11H,10H2. The van der Waals surface area contributed by atoms with Gasteiger partial charge in [-0.05, 0) is 29.8 Å². The number of aromatic nitrogens is 3. The number of rotatable bonds is 3. The summed E-state index contributed by atoms with van der Waals surface area (Å²) in [6, 6.07) is 14.0. The van der Waals surface area contributed by atoms with E-state index >= 15 is 0 Å². The van der Waals surface area contributed by atoms with Gasteiger partial charge in [0.2, 0.25) is 0 Å². The summed E-state index contributed by atoms with van der Waals surface area (Å²) in [6.45, 7) is 0. The molecule has 3 heterocycles. The number of hydrogen-bond acceptors (Lipinski definition) is 4. The van der Waals surface area contributed by atoms with E-state index in [0.717, 1.165) is 27.6 Å². The molecule has 0 N–H and O–H groups in total. The van der Waals surface area contributed by atoms with Crippen molar-refractivity contribution in [3.8, 4) is 11.4 Å². The maximum atomic E-state index is 6.15. The Balaban J connectivity index is 1.65. The Hall–Kier alpha value is -2.30. The van der Waals surface area contributed by atoms with Crippen LogP contribution in [0.15, 0.2) is 60.2 Å². The lowest BCUT2D eigenvalue weighted by Gasteiger charge is -2.04. The van der Waals surface area contributed by atoms with Crippen LogP contribution in [0.25, 0.3) is 21.5 Å². The molecule has 0 amide bonds. The maximum Gasteiger partial charge on any atom is 0.133 e. The highest BCUT2D eigenvalue weighted by Crippen LogP contribution is 2.30. The molecule has 0 saturated heterocycles. The van der Waals surface area contributed by atoms with Gasteiger partial charge in [-0.2, -0.15) is 0 Å². The van der Waals surface area contributed by atoms with Crippen molar-refractivity contribution in [1.29, 1.82) is 0 Å². The number of thiophene rings is 1. The predicted octanol–water partition coefficient (Wildman–Crippen LogP) is 5.00. The van der Waals surface area contributed by atoms with Crippen molar-refractivity contribution in [2.45, 2.75) is 6.42 Å². The Morgan fingerprint density at radius 3 is 2.78 bits per heavy atom. The van der Waals surface area contributed by atoms with Crippen LogP contribution in [-0.2, 0) is 6.42 Å². The van der Waals surface area contributed by atoms with Crippen LogP contribution in [0.3, 0.4) is 0 Å². The normalized spacial score (nSPS) is 11.0. The van der Waals surface area contributed by atoms with Crippen LogP contribution in [0, 0.1) is 0 Å². The predicted molar refractivity (Wildman–Crippen MR) is 94.9 cm³/mol. The number of fused-ring (bicyclic) bond motifs is 1. The van der Waals surface area contributed by atoms with Crippen molar-refractivity contribution >= 4 is 33.0 Å². The van der Waals surface area contributed by atoms with E-state index in [0.29, 0.717) is 6.42 Å². The van der Waals surface area contributed by atoms with Crippen LogP contribution >= 0.6 is 22.9 Å². The van der Waals surface area contributed by atoms with Gasteiger partial charge in [0.05, 0.1) is 16.4 Å². The molecule has 0 spiro atoms. The fourth-order valence-corrected chi connectivity index (χ4v) is 3.71. The third kappa shape index (κ3) is 2.96. The van der Waals surface area contributed by atoms with Gasteiger partial charge in [0.25, 0.3) is 0 Å². The van der Waals surface area contributed by atoms with Gasteiger partial charge >= 0.3 is 0 Å². The van der Waals surface area contributed by atoms with E-state index in [4.69, 9.17) is 11.6 Å². The average molecular weight is 338 g/mol. The van der Waals surface area contributed by atoms with E-state index in [1.165, 1.54) is 10.3 Å². The molecule has 0 atom stereocenters. The van der Waals surface area contributed by atoms with Crippen LogP contribution < -0.4 is 0 Å². The van der Waals surface area contributed by atoms with Gasteiger partial charge in [-0.3, -0.25) is 4.98 Å². The van der Waals surface area contributed by atoms with E-state index in [9.17, 15) is 0 Å². The summed E-state index contributed by atoms with van der Waals surface area (Å²) in [4.78, 5) is 13.3. The lowest BCUT2D eigenvalue weighted by molar-refractivity contribution is 0.970. The second kappa shape index (κ2) is 6.07. The van der Waals surface area contributed by atoms with Crippen LogP contribution in [0.4, 0.5) is 0 Å². The van der Waals surface area contributed by atoms with E-state index in [1.807, 2.05) is 29.6 Å². The Labute approximate surface area is 142 Å². The number of halogens is 1. The van der Waals surface area contributed by atoms with Crippen molar-refractivity contribution in [3.63, 3.8) is 0 Å². The molecule has 0 bridgehead atoms. The fraction of sp³-hybridized carbons (Fsp3) is 0.0556. The topological polar surface area (TPSA) is 38.7 Å². The van der Waals surface area contributed by atoms with Crippen LogP contribution in [0.1, 0.15) is 11.4 Å². The van der Waals surface area contributed by atoms with Crippen LogP contribution in [0.5, 0.6) is 0 Å². The largest absolute Gasteiger partial charge is 0.255 e. The fourth-order valence-electron chi connectivity index (χ4n) is 2.47. The van der Waals surface area contributed by atoms with Gasteiger partial charge in [-0.1, -0.05) is 29.8 Å². The minimum absolute atomic E-state index is 0.687. The van der Waals surface area contributed by atoms with Crippen molar-refractivity contribution < 1.29 is 0 Å². The maximum absolute atomic E-state index is 6.15. The van der Waals surface area contributed by atoms with Crippen molar-refractivity contribution in [2.75, 3.05) is 0 Å². The first-order chi connectivity index (χ1) is 11.3. The van der Waals surface area contributed by atoms with E-state index in [1.54, 1.807) is 23.7 Å². The number of benzene rings is 1. The molecule has 0 aliphatic rings. The highest BCUT2D eigenvalue weighted by molar-refractivity contribution is 7.17. The summed E-state index contributed by atoms with van der Waals surface area (Å²) in [7, 11) is 0. The number of hydrogen-bond donors (Lipinski definition) is 0. The lowest BCUT2D eigenvalue weighted by Crippen LogP contribution is -1.98. The smallest absolute Gasteiger partial charge is 0.133 e. The van der Waals surface area contributed by atoms with E-state index in [2.05, 4.69) is 33.2 Å². The lowest BCUT2D eigenvalue weighted by atomic mass is 10.1. The highest BCUT2D eigenvalue weighted by Gasteiger charge is 2.07. The van der Waals surface area contributed by atoms with Gasteiger partial charge in [-0.15, -0.1) is 11.3 Å².